The highest BCUT2D eigenvalue weighted by atomic mass is 19.4. The molecule has 2 aromatic rings. The van der Waals surface area contributed by atoms with Gasteiger partial charge in [0.2, 0.25) is 0 Å². The summed E-state index contributed by atoms with van der Waals surface area (Å²) in [6.07, 6.45) is -5.39. The summed E-state index contributed by atoms with van der Waals surface area (Å²) in [4.78, 5) is 15.0. The van der Waals surface area contributed by atoms with Crippen LogP contribution >= 0.6 is 0 Å². The summed E-state index contributed by atoms with van der Waals surface area (Å²) in [5.74, 6) is -1.47. The molecule has 2 rings (SSSR count). The van der Waals surface area contributed by atoms with Crippen LogP contribution in [0.25, 0.3) is 5.57 Å². The average molecular weight is 416 g/mol. The van der Waals surface area contributed by atoms with Crippen molar-refractivity contribution in [1.82, 2.24) is 0 Å². The van der Waals surface area contributed by atoms with Gasteiger partial charge in [-0.25, -0.2) is 14.1 Å². The quantitative estimate of drug-likeness (QED) is 0.231. The SMILES string of the molecule is O=C(OF)C(=C(CF)Oc1ccc(OCCCC(F)(F)F)cc1)c1ccccc1. The number of carbonyl (C=O) groups is 1. The Morgan fingerprint density at radius 2 is 1.55 bits per heavy atom. The molecule has 0 bridgehead atoms. The van der Waals surface area contributed by atoms with Gasteiger partial charge in [-0.2, -0.15) is 13.2 Å². The lowest BCUT2D eigenvalue weighted by Crippen LogP contribution is -2.11. The molecule has 0 radical (unpaired) electrons. The number of ether oxygens (including phenoxy) is 2. The topological polar surface area (TPSA) is 44.8 Å². The normalized spacial score (nSPS) is 12.2. The van der Waals surface area contributed by atoms with E-state index in [9.17, 15) is 26.9 Å². The number of allylic oxidation sites excluding steroid dienone is 1. The van der Waals surface area contributed by atoms with E-state index in [1.165, 1.54) is 36.4 Å². The van der Waals surface area contributed by atoms with Crippen LogP contribution in [0.4, 0.5) is 22.1 Å². The van der Waals surface area contributed by atoms with Crippen LogP contribution in [-0.4, -0.2) is 25.4 Å². The lowest BCUT2D eigenvalue weighted by Gasteiger charge is -2.13. The molecule has 0 fully saturated rings. The van der Waals surface area contributed by atoms with Gasteiger partial charge in [0.25, 0.3) is 0 Å². The summed E-state index contributed by atoms with van der Waals surface area (Å²) in [6.45, 7) is -1.34. The molecule has 9 heteroatoms. The molecule has 0 aliphatic rings. The fraction of sp³-hybridized carbons (Fsp3) is 0.250. The van der Waals surface area contributed by atoms with Crippen LogP contribution in [0, 0.1) is 0 Å². The molecule has 4 nitrogen and oxygen atoms in total. The largest absolute Gasteiger partial charge is 0.494 e. The molecule has 156 valence electrons. The molecule has 0 saturated heterocycles. The third-order valence-corrected chi connectivity index (χ3v) is 3.67. The molecule has 0 atom stereocenters. The lowest BCUT2D eigenvalue weighted by molar-refractivity contribution is -0.175. The molecule has 0 heterocycles. The predicted molar refractivity (Wildman–Crippen MR) is 94.4 cm³/mol. The van der Waals surface area contributed by atoms with Crippen molar-refractivity contribution < 1.29 is 41.3 Å². The van der Waals surface area contributed by atoms with Crippen molar-refractivity contribution in [1.29, 1.82) is 0 Å². The van der Waals surface area contributed by atoms with E-state index in [0.29, 0.717) is 0 Å². The van der Waals surface area contributed by atoms with Gasteiger partial charge in [-0.05, 0) is 36.2 Å². The second-order valence-corrected chi connectivity index (χ2v) is 5.80. The number of carbonyl (C=O) groups excluding carboxylic acids is 1. The van der Waals surface area contributed by atoms with Gasteiger partial charge in [0.15, 0.2) is 5.76 Å². The summed E-state index contributed by atoms with van der Waals surface area (Å²) in [5, 5.41) is 0. The van der Waals surface area contributed by atoms with Gasteiger partial charge in [0, 0.05) is 10.9 Å². The number of hydrogen-bond acceptors (Lipinski definition) is 4. The van der Waals surface area contributed by atoms with Crippen LogP contribution < -0.4 is 9.47 Å². The first-order valence-corrected chi connectivity index (χ1v) is 8.49. The Labute approximate surface area is 163 Å². The zero-order chi connectivity index (χ0) is 21.3. The highest BCUT2D eigenvalue weighted by Crippen LogP contribution is 2.26. The van der Waals surface area contributed by atoms with E-state index in [4.69, 9.17) is 9.47 Å². The van der Waals surface area contributed by atoms with E-state index >= 15 is 0 Å². The number of alkyl halides is 4. The zero-order valence-corrected chi connectivity index (χ0v) is 15.0. The average Bonchev–Trinajstić information content (AvgIpc) is 2.71. The van der Waals surface area contributed by atoms with E-state index in [-0.39, 0.29) is 30.1 Å². The van der Waals surface area contributed by atoms with E-state index in [2.05, 4.69) is 4.94 Å². The molecule has 29 heavy (non-hydrogen) atoms. The third kappa shape index (κ3) is 7.10. The van der Waals surface area contributed by atoms with Gasteiger partial charge in [0.05, 0.1) is 6.61 Å². The minimum Gasteiger partial charge on any atom is -0.494 e. The Balaban J connectivity index is 2.11. The zero-order valence-electron chi connectivity index (χ0n) is 15.0. The first-order valence-electron chi connectivity index (χ1n) is 8.49. The smallest absolute Gasteiger partial charge is 0.389 e. The maximum Gasteiger partial charge on any atom is 0.389 e. The molecular formula is C20H17F5O4. The summed E-state index contributed by atoms with van der Waals surface area (Å²) in [6, 6.07) is 13.3. The van der Waals surface area contributed by atoms with Crippen molar-refractivity contribution >= 4 is 11.5 Å². The van der Waals surface area contributed by atoms with Crippen molar-refractivity contribution in [2.75, 3.05) is 13.3 Å². The van der Waals surface area contributed by atoms with E-state index in [1.807, 2.05) is 0 Å². The van der Waals surface area contributed by atoms with E-state index in [1.54, 1.807) is 18.2 Å². The summed E-state index contributed by atoms with van der Waals surface area (Å²) in [5.41, 5.74) is -0.213. The Kier molecular flexibility index (Phi) is 7.99. The van der Waals surface area contributed by atoms with Crippen LogP contribution in [0.15, 0.2) is 60.4 Å². The van der Waals surface area contributed by atoms with Crippen LogP contribution in [0.2, 0.25) is 0 Å². The number of halogens is 5. The first-order chi connectivity index (χ1) is 13.8. The summed E-state index contributed by atoms with van der Waals surface area (Å²) >= 11 is 0. The minimum atomic E-state index is -4.24. The molecule has 0 unspecified atom stereocenters. The standard InChI is InChI=1S/C20H17F5O4/c21-13-17(18(19(26)29-25)14-5-2-1-3-6-14)28-16-9-7-15(8-10-16)27-12-4-11-20(22,23)24/h1-3,5-10H,4,11-13H2. The summed E-state index contributed by atoms with van der Waals surface area (Å²) < 4.78 is 72.9. The number of hydrogen-bond donors (Lipinski definition) is 0. The molecule has 0 saturated carbocycles. The highest BCUT2D eigenvalue weighted by Gasteiger charge is 2.26. The van der Waals surface area contributed by atoms with Crippen molar-refractivity contribution in [3.8, 4) is 11.5 Å². The molecule has 0 spiro atoms. The van der Waals surface area contributed by atoms with Gasteiger partial charge < -0.3 is 9.47 Å². The van der Waals surface area contributed by atoms with Crippen molar-refractivity contribution in [2.45, 2.75) is 19.0 Å². The van der Waals surface area contributed by atoms with Crippen LogP contribution in [0.1, 0.15) is 18.4 Å². The molecule has 0 aliphatic carbocycles. The summed E-state index contributed by atoms with van der Waals surface area (Å²) in [7, 11) is 0. The van der Waals surface area contributed by atoms with E-state index < -0.39 is 36.6 Å². The predicted octanol–water partition coefficient (Wildman–Crippen LogP) is 5.60. The van der Waals surface area contributed by atoms with Crippen molar-refractivity contribution in [3.63, 3.8) is 0 Å². The molecule has 0 aliphatic heterocycles. The first kappa shape index (κ1) is 22.2. The Bertz CT molecular complexity index is 817. The minimum absolute atomic E-state index is 0.111. The van der Waals surface area contributed by atoms with Gasteiger partial charge in [0.1, 0.15) is 23.7 Å². The highest BCUT2D eigenvalue weighted by molar-refractivity contribution is 6.17. The lowest BCUT2D eigenvalue weighted by atomic mass is 10.1. The third-order valence-electron chi connectivity index (χ3n) is 3.67. The maximum absolute atomic E-state index is 13.5. The molecule has 0 amide bonds. The number of rotatable bonds is 9. The monoisotopic (exact) mass is 416 g/mol. The molecule has 0 N–H and O–H groups in total. The molecule has 2 aromatic carbocycles. The van der Waals surface area contributed by atoms with Gasteiger partial charge in [-0.3, -0.25) is 0 Å². The maximum atomic E-state index is 13.5. The van der Waals surface area contributed by atoms with Crippen LogP contribution in [0.3, 0.4) is 0 Å². The Morgan fingerprint density at radius 3 is 2.10 bits per heavy atom. The Hall–Kier alpha value is -3.10. The van der Waals surface area contributed by atoms with Crippen molar-refractivity contribution in [2.24, 2.45) is 0 Å². The van der Waals surface area contributed by atoms with Gasteiger partial charge in [-0.15, -0.1) is 0 Å². The fourth-order valence-electron chi connectivity index (χ4n) is 2.39. The van der Waals surface area contributed by atoms with E-state index in [0.717, 1.165) is 0 Å². The van der Waals surface area contributed by atoms with Crippen LogP contribution in [-0.2, 0) is 9.74 Å². The fourth-order valence-corrected chi connectivity index (χ4v) is 2.39. The Morgan fingerprint density at radius 1 is 0.931 bits per heavy atom. The van der Waals surface area contributed by atoms with Crippen molar-refractivity contribution in [3.05, 3.63) is 65.9 Å². The van der Waals surface area contributed by atoms with Gasteiger partial charge in [-0.1, -0.05) is 30.3 Å². The van der Waals surface area contributed by atoms with Gasteiger partial charge >= 0.3 is 12.1 Å². The molecule has 0 aromatic heterocycles. The second-order valence-electron chi connectivity index (χ2n) is 5.80. The number of benzene rings is 2. The second kappa shape index (κ2) is 10.4. The molecular weight excluding hydrogens is 399 g/mol. The van der Waals surface area contributed by atoms with Crippen LogP contribution in [0.5, 0.6) is 11.5 Å².